The quantitative estimate of drug-likeness (QED) is 0.687. The average Bonchev–Trinajstić information content (AvgIpc) is 2.49. The standard InChI is InChI=1S/C7H5N3O2S/c8-6(12)4-3-10-5(11)1-2-9-7(10)13-4/h1-3H,(H2,8,12). The first-order chi connectivity index (χ1) is 6.18. The third-order valence-electron chi connectivity index (χ3n) is 1.54. The van der Waals surface area contributed by atoms with Crippen LogP contribution in [0.5, 0.6) is 0 Å². The van der Waals surface area contributed by atoms with Gasteiger partial charge >= 0.3 is 0 Å². The van der Waals surface area contributed by atoms with Crippen molar-refractivity contribution in [2.24, 2.45) is 5.73 Å². The van der Waals surface area contributed by atoms with Crippen LogP contribution in [0, 0.1) is 0 Å². The van der Waals surface area contributed by atoms with Gasteiger partial charge in [0.25, 0.3) is 11.5 Å². The van der Waals surface area contributed by atoms with Crippen molar-refractivity contribution in [1.82, 2.24) is 9.38 Å². The molecule has 0 aromatic carbocycles. The maximum atomic E-state index is 11.2. The van der Waals surface area contributed by atoms with Crippen molar-refractivity contribution >= 4 is 22.2 Å². The number of carbonyl (C=O) groups excluding carboxylic acids is 1. The minimum Gasteiger partial charge on any atom is -0.365 e. The van der Waals surface area contributed by atoms with Gasteiger partial charge in [-0.25, -0.2) is 4.98 Å². The molecule has 0 atom stereocenters. The van der Waals surface area contributed by atoms with Crippen LogP contribution in [0.15, 0.2) is 23.3 Å². The molecule has 13 heavy (non-hydrogen) atoms. The van der Waals surface area contributed by atoms with E-state index in [0.717, 1.165) is 11.3 Å². The molecule has 0 aliphatic heterocycles. The fourth-order valence-electron chi connectivity index (χ4n) is 0.952. The number of nitrogens with two attached hydrogens (primary N) is 1. The molecule has 0 fully saturated rings. The van der Waals surface area contributed by atoms with Gasteiger partial charge in [-0.3, -0.25) is 14.0 Å². The van der Waals surface area contributed by atoms with Crippen LogP contribution in [0.3, 0.4) is 0 Å². The maximum Gasteiger partial charge on any atom is 0.260 e. The number of primary amides is 1. The molecule has 0 saturated carbocycles. The number of nitrogens with zero attached hydrogens (tertiary/aromatic N) is 2. The van der Waals surface area contributed by atoms with Crippen LogP contribution in [0.1, 0.15) is 9.67 Å². The molecular formula is C7H5N3O2S. The number of hydrogen-bond acceptors (Lipinski definition) is 4. The summed E-state index contributed by atoms with van der Waals surface area (Å²) in [5, 5.41) is 0. The number of carbonyl (C=O) groups is 1. The summed E-state index contributed by atoms with van der Waals surface area (Å²) in [7, 11) is 0. The fourth-order valence-corrected chi connectivity index (χ4v) is 1.76. The van der Waals surface area contributed by atoms with Crippen LogP contribution < -0.4 is 11.3 Å². The minimum absolute atomic E-state index is 0.214. The van der Waals surface area contributed by atoms with Crippen LogP contribution in [-0.2, 0) is 0 Å². The number of thiazole rings is 1. The molecule has 2 heterocycles. The van der Waals surface area contributed by atoms with E-state index in [-0.39, 0.29) is 5.56 Å². The molecule has 0 aliphatic carbocycles. The Balaban J connectivity index is 2.83. The van der Waals surface area contributed by atoms with E-state index < -0.39 is 5.91 Å². The van der Waals surface area contributed by atoms with Crippen LogP contribution in [-0.4, -0.2) is 15.3 Å². The molecule has 0 aliphatic rings. The molecule has 2 aromatic rings. The Morgan fingerprint density at radius 1 is 1.62 bits per heavy atom. The third kappa shape index (κ3) is 1.20. The second-order valence-electron chi connectivity index (χ2n) is 2.40. The lowest BCUT2D eigenvalue weighted by atomic mass is 10.5. The Morgan fingerprint density at radius 3 is 3.00 bits per heavy atom. The monoisotopic (exact) mass is 195 g/mol. The largest absolute Gasteiger partial charge is 0.365 e. The van der Waals surface area contributed by atoms with E-state index in [0.29, 0.717) is 9.84 Å². The molecule has 2 rings (SSSR count). The molecular weight excluding hydrogens is 190 g/mol. The average molecular weight is 195 g/mol. The van der Waals surface area contributed by atoms with Gasteiger partial charge in [-0.2, -0.15) is 0 Å². The van der Waals surface area contributed by atoms with Gasteiger partial charge in [-0.05, 0) is 0 Å². The summed E-state index contributed by atoms with van der Waals surface area (Å²) >= 11 is 1.10. The third-order valence-corrected chi connectivity index (χ3v) is 2.55. The van der Waals surface area contributed by atoms with E-state index in [4.69, 9.17) is 5.73 Å². The summed E-state index contributed by atoms with van der Waals surface area (Å²) in [5.41, 5.74) is 4.84. The topological polar surface area (TPSA) is 77.5 Å². The van der Waals surface area contributed by atoms with Crippen LogP contribution in [0.4, 0.5) is 0 Å². The van der Waals surface area contributed by atoms with E-state index in [2.05, 4.69) is 4.98 Å². The number of fused-ring (bicyclic) bond motifs is 1. The van der Waals surface area contributed by atoms with E-state index in [1.54, 1.807) is 0 Å². The summed E-state index contributed by atoms with van der Waals surface area (Å²) in [6.07, 6.45) is 2.80. The first kappa shape index (κ1) is 7.93. The van der Waals surface area contributed by atoms with Gasteiger partial charge in [0.2, 0.25) is 0 Å². The minimum atomic E-state index is -0.546. The number of hydrogen-bond donors (Lipinski definition) is 1. The summed E-state index contributed by atoms with van der Waals surface area (Å²) in [6, 6.07) is 1.32. The number of amides is 1. The molecule has 0 unspecified atom stereocenters. The zero-order valence-corrected chi connectivity index (χ0v) is 7.25. The Kier molecular flexibility index (Phi) is 1.63. The highest BCUT2D eigenvalue weighted by Crippen LogP contribution is 2.12. The maximum absolute atomic E-state index is 11.2. The highest BCUT2D eigenvalue weighted by atomic mass is 32.1. The van der Waals surface area contributed by atoms with E-state index in [9.17, 15) is 9.59 Å². The van der Waals surface area contributed by atoms with Crippen molar-refractivity contribution in [3.63, 3.8) is 0 Å². The lowest BCUT2D eigenvalue weighted by Gasteiger charge is -1.85. The SMILES string of the molecule is NC(=O)c1cn2c(=O)ccnc2s1. The van der Waals surface area contributed by atoms with E-state index >= 15 is 0 Å². The first-order valence-corrected chi connectivity index (χ1v) is 4.27. The molecule has 1 amide bonds. The summed E-state index contributed by atoms with van der Waals surface area (Å²) in [6.45, 7) is 0. The Bertz CT molecular complexity index is 528. The van der Waals surface area contributed by atoms with Gasteiger partial charge in [0.05, 0.1) is 0 Å². The molecule has 0 radical (unpaired) electrons. The van der Waals surface area contributed by atoms with Gasteiger partial charge in [0, 0.05) is 18.5 Å². The zero-order chi connectivity index (χ0) is 9.42. The first-order valence-electron chi connectivity index (χ1n) is 3.45. The van der Waals surface area contributed by atoms with Crippen LogP contribution >= 0.6 is 11.3 Å². The van der Waals surface area contributed by atoms with Crippen LogP contribution in [0.25, 0.3) is 4.96 Å². The second kappa shape index (κ2) is 2.67. The predicted octanol–water partition coefficient (Wildman–Crippen LogP) is -0.145. The summed E-state index contributed by atoms with van der Waals surface area (Å²) in [5.74, 6) is -0.546. The Labute approximate surface area is 76.4 Å². The fraction of sp³-hybridized carbons (Fsp3) is 0. The summed E-state index contributed by atoms with van der Waals surface area (Å²) < 4.78 is 1.30. The smallest absolute Gasteiger partial charge is 0.260 e. The molecule has 6 heteroatoms. The highest BCUT2D eigenvalue weighted by Gasteiger charge is 2.07. The van der Waals surface area contributed by atoms with Gasteiger partial charge in [-0.1, -0.05) is 11.3 Å². The molecule has 2 aromatic heterocycles. The second-order valence-corrected chi connectivity index (χ2v) is 3.40. The highest BCUT2D eigenvalue weighted by molar-refractivity contribution is 7.18. The molecule has 0 saturated heterocycles. The Hall–Kier alpha value is -1.69. The van der Waals surface area contributed by atoms with Crippen molar-refractivity contribution in [2.45, 2.75) is 0 Å². The number of rotatable bonds is 1. The van der Waals surface area contributed by atoms with Crippen molar-refractivity contribution in [3.05, 3.63) is 33.7 Å². The van der Waals surface area contributed by atoms with Crippen molar-refractivity contribution in [3.8, 4) is 0 Å². The van der Waals surface area contributed by atoms with Crippen molar-refractivity contribution < 1.29 is 4.79 Å². The zero-order valence-electron chi connectivity index (χ0n) is 6.43. The summed E-state index contributed by atoms with van der Waals surface area (Å²) in [4.78, 5) is 26.7. The van der Waals surface area contributed by atoms with E-state index in [1.165, 1.54) is 22.9 Å². The van der Waals surface area contributed by atoms with Gasteiger partial charge < -0.3 is 5.73 Å². The van der Waals surface area contributed by atoms with Gasteiger partial charge in [0.15, 0.2) is 4.96 Å². The predicted molar refractivity (Wildman–Crippen MR) is 47.9 cm³/mol. The molecule has 0 spiro atoms. The van der Waals surface area contributed by atoms with Crippen molar-refractivity contribution in [2.75, 3.05) is 0 Å². The molecule has 0 bridgehead atoms. The van der Waals surface area contributed by atoms with E-state index in [1.807, 2.05) is 0 Å². The molecule has 66 valence electrons. The molecule has 5 nitrogen and oxygen atoms in total. The normalized spacial score (nSPS) is 10.5. The van der Waals surface area contributed by atoms with Gasteiger partial charge in [0.1, 0.15) is 4.88 Å². The van der Waals surface area contributed by atoms with Gasteiger partial charge in [-0.15, -0.1) is 0 Å². The Morgan fingerprint density at radius 2 is 2.38 bits per heavy atom. The number of aromatic nitrogens is 2. The molecule has 2 N–H and O–H groups in total. The lowest BCUT2D eigenvalue weighted by Crippen LogP contribution is -2.11. The lowest BCUT2D eigenvalue weighted by molar-refractivity contribution is 0.100. The van der Waals surface area contributed by atoms with Crippen molar-refractivity contribution in [1.29, 1.82) is 0 Å². The van der Waals surface area contributed by atoms with Crippen LogP contribution in [0.2, 0.25) is 0 Å².